The third-order valence-corrected chi connectivity index (χ3v) is 4.63. The van der Waals surface area contributed by atoms with Gasteiger partial charge in [-0.15, -0.1) is 0 Å². The molecule has 1 heterocycles. The van der Waals surface area contributed by atoms with E-state index in [1.165, 1.54) is 18.4 Å². The van der Waals surface area contributed by atoms with Crippen molar-refractivity contribution in [2.45, 2.75) is 51.9 Å². The monoisotopic (exact) mass is 250 g/mol. The highest BCUT2D eigenvalue weighted by Gasteiger charge is 2.40. The van der Waals surface area contributed by atoms with Crippen LogP contribution in [0.15, 0.2) is 11.6 Å². The zero-order valence-electron chi connectivity index (χ0n) is 11.6. The second-order valence-electron chi connectivity index (χ2n) is 5.95. The van der Waals surface area contributed by atoms with Gasteiger partial charge in [0.1, 0.15) is 0 Å². The van der Waals surface area contributed by atoms with E-state index in [2.05, 4.69) is 13.0 Å². The summed E-state index contributed by atoms with van der Waals surface area (Å²) in [7, 11) is 0. The van der Waals surface area contributed by atoms with Gasteiger partial charge in [-0.05, 0) is 26.2 Å². The zero-order chi connectivity index (χ0) is 13.0. The first-order valence-corrected chi connectivity index (χ1v) is 7.33. The van der Waals surface area contributed by atoms with Crippen LogP contribution in [0.4, 0.5) is 0 Å². The van der Waals surface area contributed by atoms with Gasteiger partial charge >= 0.3 is 0 Å². The molecular formula is C15H26N2O. The van der Waals surface area contributed by atoms with E-state index in [-0.39, 0.29) is 5.41 Å². The molecular weight excluding hydrogens is 224 g/mol. The topological polar surface area (TPSA) is 46.3 Å². The minimum Gasteiger partial charge on any atom is -0.338 e. The van der Waals surface area contributed by atoms with Crippen LogP contribution in [0.25, 0.3) is 0 Å². The molecule has 2 aliphatic rings. The molecule has 0 unspecified atom stereocenters. The third-order valence-electron chi connectivity index (χ3n) is 4.63. The quantitative estimate of drug-likeness (QED) is 0.604. The normalized spacial score (nSPS) is 24.3. The van der Waals surface area contributed by atoms with Gasteiger partial charge in [-0.25, -0.2) is 0 Å². The molecule has 2 rings (SSSR count). The van der Waals surface area contributed by atoms with E-state index in [0.29, 0.717) is 12.5 Å². The van der Waals surface area contributed by atoms with E-state index >= 15 is 0 Å². The molecule has 102 valence electrons. The molecule has 3 nitrogen and oxygen atoms in total. The standard InChI is InChI=1S/C15H26N2O/c1-13-6-10-17(11-7-13)14(18)15(12-16)8-4-2-3-5-9-15/h6H,2-5,7-12,16H2,1H3. The molecule has 0 spiro atoms. The maximum absolute atomic E-state index is 12.8. The number of rotatable bonds is 2. The minimum absolute atomic E-state index is 0.254. The lowest BCUT2D eigenvalue weighted by atomic mass is 9.78. The molecule has 3 heteroatoms. The van der Waals surface area contributed by atoms with E-state index in [0.717, 1.165) is 45.2 Å². The van der Waals surface area contributed by atoms with Crippen LogP contribution < -0.4 is 5.73 Å². The van der Waals surface area contributed by atoms with Crippen molar-refractivity contribution in [2.75, 3.05) is 19.6 Å². The van der Waals surface area contributed by atoms with Gasteiger partial charge in [0, 0.05) is 19.6 Å². The highest BCUT2D eigenvalue weighted by Crippen LogP contribution is 2.36. The number of nitrogens with zero attached hydrogens (tertiary/aromatic N) is 1. The number of nitrogens with two attached hydrogens (primary N) is 1. The van der Waals surface area contributed by atoms with Crippen molar-refractivity contribution in [3.8, 4) is 0 Å². The molecule has 2 N–H and O–H groups in total. The van der Waals surface area contributed by atoms with Crippen LogP contribution in [0.5, 0.6) is 0 Å². The van der Waals surface area contributed by atoms with Gasteiger partial charge in [0.25, 0.3) is 0 Å². The maximum Gasteiger partial charge on any atom is 0.230 e. The van der Waals surface area contributed by atoms with Crippen LogP contribution in [0.1, 0.15) is 51.9 Å². The summed E-state index contributed by atoms with van der Waals surface area (Å²) in [5.41, 5.74) is 7.13. The van der Waals surface area contributed by atoms with Crippen molar-refractivity contribution in [3.05, 3.63) is 11.6 Å². The molecule has 18 heavy (non-hydrogen) atoms. The fraction of sp³-hybridized carbons (Fsp3) is 0.800. The van der Waals surface area contributed by atoms with Crippen LogP contribution in [0, 0.1) is 5.41 Å². The fourth-order valence-electron chi connectivity index (χ4n) is 3.20. The molecule has 1 aliphatic heterocycles. The summed E-state index contributed by atoms with van der Waals surface area (Å²) in [5.74, 6) is 0.315. The van der Waals surface area contributed by atoms with Gasteiger partial charge in [0.2, 0.25) is 5.91 Å². The zero-order valence-corrected chi connectivity index (χ0v) is 11.6. The van der Waals surface area contributed by atoms with Crippen LogP contribution in [0.3, 0.4) is 0 Å². The third kappa shape index (κ3) is 2.77. The van der Waals surface area contributed by atoms with Crippen LogP contribution in [-0.4, -0.2) is 30.4 Å². The van der Waals surface area contributed by atoms with Gasteiger partial charge in [0.15, 0.2) is 0 Å². The molecule has 0 aromatic heterocycles. The van der Waals surface area contributed by atoms with Crippen molar-refractivity contribution in [1.82, 2.24) is 4.90 Å². The van der Waals surface area contributed by atoms with Crippen LogP contribution >= 0.6 is 0 Å². The molecule has 1 saturated carbocycles. The second-order valence-corrected chi connectivity index (χ2v) is 5.95. The second kappa shape index (κ2) is 5.87. The summed E-state index contributed by atoms with van der Waals surface area (Å²) in [5, 5.41) is 0. The van der Waals surface area contributed by atoms with E-state index < -0.39 is 0 Å². The Morgan fingerprint density at radius 3 is 2.50 bits per heavy atom. The molecule has 1 amide bonds. The Bertz CT molecular complexity index is 327. The molecule has 1 fully saturated rings. The fourth-order valence-corrected chi connectivity index (χ4v) is 3.20. The summed E-state index contributed by atoms with van der Waals surface area (Å²) in [6, 6.07) is 0. The van der Waals surface area contributed by atoms with E-state index in [4.69, 9.17) is 5.73 Å². The first-order valence-electron chi connectivity index (χ1n) is 7.33. The average molecular weight is 250 g/mol. The van der Waals surface area contributed by atoms with E-state index in [9.17, 15) is 4.79 Å². The van der Waals surface area contributed by atoms with Gasteiger partial charge in [-0.2, -0.15) is 0 Å². The number of hydrogen-bond acceptors (Lipinski definition) is 2. The lowest BCUT2D eigenvalue weighted by molar-refractivity contribution is -0.142. The molecule has 1 aliphatic carbocycles. The minimum atomic E-state index is -0.254. The van der Waals surface area contributed by atoms with Crippen molar-refractivity contribution in [2.24, 2.45) is 11.1 Å². The maximum atomic E-state index is 12.8. The van der Waals surface area contributed by atoms with Crippen molar-refractivity contribution in [1.29, 1.82) is 0 Å². The van der Waals surface area contributed by atoms with Crippen molar-refractivity contribution in [3.63, 3.8) is 0 Å². The van der Waals surface area contributed by atoms with Crippen LogP contribution in [-0.2, 0) is 4.79 Å². The number of carbonyl (C=O) groups excluding carboxylic acids is 1. The first kappa shape index (κ1) is 13.6. The summed E-state index contributed by atoms with van der Waals surface area (Å²) in [4.78, 5) is 14.8. The largest absolute Gasteiger partial charge is 0.338 e. The molecule has 0 aromatic rings. The summed E-state index contributed by atoms with van der Waals surface area (Å²) >= 11 is 0. The number of amides is 1. The smallest absolute Gasteiger partial charge is 0.230 e. The molecule has 0 radical (unpaired) electrons. The Labute approximate surface area is 110 Å². The first-order chi connectivity index (χ1) is 8.68. The number of hydrogen-bond donors (Lipinski definition) is 1. The average Bonchev–Trinajstić information content (AvgIpc) is 2.65. The molecule has 0 bridgehead atoms. The van der Waals surface area contributed by atoms with Gasteiger partial charge in [0.05, 0.1) is 5.41 Å². The predicted octanol–water partition coefficient (Wildman–Crippen LogP) is 2.46. The lowest BCUT2D eigenvalue weighted by Gasteiger charge is -2.37. The summed E-state index contributed by atoms with van der Waals surface area (Å²) < 4.78 is 0. The predicted molar refractivity (Wildman–Crippen MR) is 74.1 cm³/mol. The van der Waals surface area contributed by atoms with Crippen molar-refractivity contribution < 1.29 is 4.79 Å². The summed E-state index contributed by atoms with van der Waals surface area (Å²) in [6.45, 7) is 4.33. The highest BCUT2D eigenvalue weighted by atomic mass is 16.2. The van der Waals surface area contributed by atoms with E-state index in [1.54, 1.807) is 0 Å². The lowest BCUT2D eigenvalue weighted by Crippen LogP contribution is -2.49. The Hall–Kier alpha value is -0.830. The van der Waals surface area contributed by atoms with Gasteiger partial charge in [-0.3, -0.25) is 4.79 Å². The molecule has 0 aromatic carbocycles. The van der Waals surface area contributed by atoms with E-state index in [1.807, 2.05) is 4.90 Å². The summed E-state index contributed by atoms with van der Waals surface area (Å²) in [6.07, 6.45) is 10.0. The van der Waals surface area contributed by atoms with Gasteiger partial charge in [-0.1, -0.05) is 37.3 Å². The SMILES string of the molecule is CC1=CCN(C(=O)C2(CN)CCCCCC2)CC1. The Balaban J connectivity index is 2.09. The Kier molecular flexibility index (Phi) is 4.44. The van der Waals surface area contributed by atoms with Gasteiger partial charge < -0.3 is 10.6 Å². The molecule has 0 atom stereocenters. The number of carbonyl (C=O) groups is 1. The molecule has 0 saturated heterocycles. The van der Waals surface area contributed by atoms with Crippen LogP contribution in [0.2, 0.25) is 0 Å². The Morgan fingerprint density at radius 2 is 2.00 bits per heavy atom. The Morgan fingerprint density at radius 1 is 1.33 bits per heavy atom. The van der Waals surface area contributed by atoms with Crippen molar-refractivity contribution >= 4 is 5.91 Å². The highest BCUT2D eigenvalue weighted by molar-refractivity contribution is 5.83.